The normalized spacial score (nSPS) is 12.5. The molecule has 0 aliphatic carbocycles. The van der Waals surface area contributed by atoms with Crippen molar-refractivity contribution in [3.8, 4) is 0 Å². The van der Waals surface area contributed by atoms with E-state index in [0.29, 0.717) is 0 Å². The number of rotatable bonds is 7. The molecule has 1 atom stereocenters. The molecule has 1 rings (SSSR count). The Morgan fingerprint density at radius 3 is 2.94 bits per heavy atom. The van der Waals surface area contributed by atoms with Crippen molar-refractivity contribution in [3.63, 3.8) is 0 Å². The average Bonchev–Trinajstić information content (AvgIpc) is 2.36. The molecular formula is C13H23N3S. The molecule has 1 heterocycles. The highest BCUT2D eigenvalue weighted by Crippen LogP contribution is 2.18. The summed E-state index contributed by atoms with van der Waals surface area (Å²) >= 11 is 1.85. The summed E-state index contributed by atoms with van der Waals surface area (Å²) in [7, 11) is 2.10. The van der Waals surface area contributed by atoms with Gasteiger partial charge in [-0.1, -0.05) is 13.0 Å². The summed E-state index contributed by atoms with van der Waals surface area (Å²) < 4.78 is 0. The van der Waals surface area contributed by atoms with Gasteiger partial charge in [0.1, 0.15) is 5.82 Å². The summed E-state index contributed by atoms with van der Waals surface area (Å²) in [6, 6.07) is 4.35. The van der Waals surface area contributed by atoms with E-state index in [0.717, 1.165) is 31.0 Å². The second kappa shape index (κ2) is 7.56. The Labute approximate surface area is 109 Å². The monoisotopic (exact) mass is 253 g/mol. The van der Waals surface area contributed by atoms with Crippen molar-refractivity contribution < 1.29 is 0 Å². The number of nitrogens with two attached hydrogens (primary N) is 1. The van der Waals surface area contributed by atoms with Gasteiger partial charge in [-0.15, -0.1) is 0 Å². The van der Waals surface area contributed by atoms with Gasteiger partial charge < -0.3 is 10.6 Å². The van der Waals surface area contributed by atoms with E-state index in [1.807, 2.05) is 24.0 Å². The van der Waals surface area contributed by atoms with Crippen LogP contribution in [0.2, 0.25) is 0 Å². The van der Waals surface area contributed by atoms with Gasteiger partial charge in [0.2, 0.25) is 0 Å². The minimum Gasteiger partial charge on any atom is -0.359 e. The highest BCUT2D eigenvalue weighted by atomic mass is 32.2. The van der Waals surface area contributed by atoms with Crippen molar-refractivity contribution in [2.45, 2.75) is 25.8 Å². The van der Waals surface area contributed by atoms with Gasteiger partial charge in [-0.3, -0.25) is 0 Å². The topological polar surface area (TPSA) is 42.1 Å². The van der Waals surface area contributed by atoms with Gasteiger partial charge >= 0.3 is 0 Å². The molecule has 1 aromatic heterocycles. The van der Waals surface area contributed by atoms with Crippen molar-refractivity contribution in [2.75, 3.05) is 30.5 Å². The summed E-state index contributed by atoms with van der Waals surface area (Å²) in [4.78, 5) is 6.70. The largest absolute Gasteiger partial charge is 0.359 e. The first-order chi connectivity index (χ1) is 8.19. The van der Waals surface area contributed by atoms with Gasteiger partial charge in [-0.2, -0.15) is 11.8 Å². The van der Waals surface area contributed by atoms with Gasteiger partial charge in [0.25, 0.3) is 0 Å². The lowest BCUT2D eigenvalue weighted by molar-refractivity contribution is 0.644. The Morgan fingerprint density at radius 1 is 1.53 bits per heavy atom. The minimum absolute atomic E-state index is 0.229. The molecule has 0 aromatic carbocycles. The van der Waals surface area contributed by atoms with Crippen LogP contribution in [-0.4, -0.2) is 36.6 Å². The lowest BCUT2D eigenvalue weighted by Crippen LogP contribution is -2.26. The fraction of sp³-hybridized carbons (Fsp3) is 0.615. The molecule has 0 bridgehead atoms. The quantitative estimate of drug-likeness (QED) is 0.808. The zero-order valence-electron chi connectivity index (χ0n) is 11.0. The number of hydrogen-bond acceptors (Lipinski definition) is 4. The van der Waals surface area contributed by atoms with Gasteiger partial charge in [-0.25, -0.2) is 4.98 Å². The lowest BCUT2D eigenvalue weighted by atomic mass is 10.1. The van der Waals surface area contributed by atoms with E-state index >= 15 is 0 Å². The van der Waals surface area contributed by atoms with Gasteiger partial charge in [-0.05, 0) is 30.7 Å². The molecule has 0 aliphatic heterocycles. The zero-order valence-corrected chi connectivity index (χ0v) is 11.8. The fourth-order valence-electron chi connectivity index (χ4n) is 1.69. The molecule has 0 spiro atoms. The van der Waals surface area contributed by atoms with E-state index < -0.39 is 0 Å². The highest BCUT2D eigenvalue weighted by molar-refractivity contribution is 7.98. The number of pyridine rings is 1. The average molecular weight is 253 g/mol. The number of nitrogens with zero attached hydrogens (tertiary/aromatic N) is 2. The van der Waals surface area contributed by atoms with Crippen molar-refractivity contribution in [2.24, 2.45) is 5.73 Å². The Morgan fingerprint density at radius 2 is 2.29 bits per heavy atom. The van der Waals surface area contributed by atoms with E-state index in [1.165, 1.54) is 5.56 Å². The van der Waals surface area contributed by atoms with E-state index in [-0.39, 0.29) is 6.04 Å². The van der Waals surface area contributed by atoms with Gasteiger partial charge in [0.05, 0.1) is 0 Å². The van der Waals surface area contributed by atoms with Crippen molar-refractivity contribution >= 4 is 17.6 Å². The maximum Gasteiger partial charge on any atom is 0.131 e. The summed E-state index contributed by atoms with van der Waals surface area (Å²) in [5.41, 5.74) is 7.28. The molecule has 0 saturated carbocycles. The Bertz CT molecular complexity index is 330. The number of aromatic nitrogens is 1. The standard InChI is InChI=1S/C13H23N3S/c1-4-12(14)10-11-6-5-7-15-13(11)16(2)8-9-17-3/h5-7,12H,4,8-10,14H2,1-3H3. The Hall–Kier alpha value is -0.740. The number of hydrogen-bond donors (Lipinski definition) is 1. The Balaban J connectivity index is 2.76. The molecule has 1 aromatic rings. The molecule has 96 valence electrons. The molecule has 0 saturated heterocycles. The van der Waals surface area contributed by atoms with Crippen LogP contribution in [0, 0.1) is 0 Å². The van der Waals surface area contributed by atoms with Crippen LogP contribution < -0.4 is 10.6 Å². The van der Waals surface area contributed by atoms with Crippen LogP contribution in [0.15, 0.2) is 18.3 Å². The van der Waals surface area contributed by atoms with Crippen LogP contribution >= 0.6 is 11.8 Å². The van der Waals surface area contributed by atoms with Crippen LogP contribution in [0.4, 0.5) is 5.82 Å². The third kappa shape index (κ3) is 4.56. The van der Waals surface area contributed by atoms with E-state index in [1.54, 1.807) is 0 Å². The first-order valence-corrected chi connectivity index (χ1v) is 7.48. The third-order valence-electron chi connectivity index (χ3n) is 2.87. The summed E-state index contributed by atoms with van der Waals surface area (Å²) in [5, 5.41) is 0. The molecule has 1 unspecified atom stereocenters. The first kappa shape index (κ1) is 14.3. The molecule has 4 heteroatoms. The second-order valence-electron chi connectivity index (χ2n) is 4.27. The smallest absolute Gasteiger partial charge is 0.131 e. The Kier molecular flexibility index (Phi) is 6.37. The van der Waals surface area contributed by atoms with Crippen LogP contribution in [-0.2, 0) is 6.42 Å². The molecule has 2 N–H and O–H groups in total. The van der Waals surface area contributed by atoms with E-state index in [2.05, 4.69) is 36.2 Å². The summed E-state index contributed by atoms with van der Waals surface area (Å²) in [5.74, 6) is 2.19. The summed E-state index contributed by atoms with van der Waals surface area (Å²) in [6.45, 7) is 3.14. The SMILES string of the molecule is CCC(N)Cc1cccnc1N(C)CCSC. The third-order valence-corrected chi connectivity index (χ3v) is 3.46. The first-order valence-electron chi connectivity index (χ1n) is 6.08. The molecule has 3 nitrogen and oxygen atoms in total. The maximum absolute atomic E-state index is 6.02. The van der Waals surface area contributed by atoms with Gasteiger partial charge in [0, 0.05) is 31.6 Å². The van der Waals surface area contributed by atoms with Gasteiger partial charge in [0.15, 0.2) is 0 Å². The number of anilines is 1. The molecule has 17 heavy (non-hydrogen) atoms. The summed E-state index contributed by atoms with van der Waals surface area (Å²) in [6.07, 6.45) is 5.89. The van der Waals surface area contributed by atoms with E-state index in [9.17, 15) is 0 Å². The molecular weight excluding hydrogens is 230 g/mol. The maximum atomic E-state index is 6.02. The fourth-order valence-corrected chi connectivity index (χ4v) is 2.15. The minimum atomic E-state index is 0.229. The molecule has 0 radical (unpaired) electrons. The van der Waals surface area contributed by atoms with Crippen LogP contribution in [0.3, 0.4) is 0 Å². The molecule has 0 amide bonds. The second-order valence-corrected chi connectivity index (χ2v) is 5.26. The highest BCUT2D eigenvalue weighted by Gasteiger charge is 2.10. The molecule has 0 aliphatic rings. The number of thioether (sulfide) groups is 1. The predicted molar refractivity (Wildman–Crippen MR) is 77.9 cm³/mol. The van der Waals surface area contributed by atoms with Crippen molar-refractivity contribution in [1.82, 2.24) is 4.98 Å². The van der Waals surface area contributed by atoms with Crippen molar-refractivity contribution in [1.29, 1.82) is 0 Å². The van der Waals surface area contributed by atoms with E-state index in [4.69, 9.17) is 5.73 Å². The van der Waals surface area contributed by atoms with Crippen molar-refractivity contribution in [3.05, 3.63) is 23.9 Å². The van der Waals surface area contributed by atoms with Crippen LogP contribution in [0.5, 0.6) is 0 Å². The molecule has 0 fully saturated rings. The van der Waals surface area contributed by atoms with Crippen LogP contribution in [0.1, 0.15) is 18.9 Å². The predicted octanol–water partition coefficient (Wildman–Crippen LogP) is 2.16. The lowest BCUT2D eigenvalue weighted by Gasteiger charge is -2.21. The zero-order chi connectivity index (χ0) is 12.7. The van der Waals surface area contributed by atoms with Crippen LogP contribution in [0.25, 0.3) is 0 Å².